The Labute approximate surface area is 104 Å². The summed E-state index contributed by atoms with van der Waals surface area (Å²) in [6.45, 7) is 15.7. The van der Waals surface area contributed by atoms with E-state index in [-0.39, 0.29) is 10.8 Å². The Hall–Kier alpha value is -0.380. The predicted octanol–water partition coefficient (Wildman–Crippen LogP) is 2.12. The highest BCUT2D eigenvalue weighted by atomic mass is 16.6. The maximum Gasteiger partial charge on any atom is 0.120 e. The van der Waals surface area contributed by atoms with Gasteiger partial charge in [-0.25, -0.2) is 0 Å². The molecule has 1 aliphatic rings. The van der Waals surface area contributed by atoms with Gasteiger partial charge in [-0.05, 0) is 10.8 Å². The van der Waals surface area contributed by atoms with Gasteiger partial charge in [0.15, 0.2) is 0 Å². The van der Waals surface area contributed by atoms with Crippen molar-refractivity contribution >= 4 is 0 Å². The largest absolute Gasteiger partial charge is 0.388 e. The van der Waals surface area contributed by atoms with Crippen molar-refractivity contribution in [3.05, 3.63) is 12.7 Å². The van der Waals surface area contributed by atoms with Crippen LogP contribution in [0.4, 0.5) is 0 Å². The summed E-state index contributed by atoms with van der Waals surface area (Å²) >= 11 is 0. The molecular weight excluding hydrogens is 216 g/mol. The van der Waals surface area contributed by atoms with Crippen LogP contribution in [0.3, 0.4) is 0 Å². The molecule has 2 N–H and O–H groups in total. The SMILES string of the molecule is C=CC1(C(C)(C)C)OC(C(C)(C)C)C(O)C1O. The second-order valence-corrected chi connectivity index (χ2v) is 7.09. The van der Waals surface area contributed by atoms with E-state index in [2.05, 4.69) is 6.58 Å². The molecule has 0 radical (unpaired) electrons. The zero-order valence-corrected chi connectivity index (χ0v) is 11.8. The zero-order valence-electron chi connectivity index (χ0n) is 11.8. The molecule has 4 unspecified atom stereocenters. The van der Waals surface area contributed by atoms with E-state index in [1.54, 1.807) is 6.08 Å². The fourth-order valence-electron chi connectivity index (χ4n) is 2.55. The van der Waals surface area contributed by atoms with Gasteiger partial charge in [-0.2, -0.15) is 0 Å². The van der Waals surface area contributed by atoms with Gasteiger partial charge in [-0.15, -0.1) is 6.58 Å². The molecule has 3 heteroatoms. The molecule has 100 valence electrons. The summed E-state index contributed by atoms with van der Waals surface area (Å²) in [4.78, 5) is 0. The van der Waals surface area contributed by atoms with E-state index in [1.165, 1.54) is 0 Å². The Morgan fingerprint density at radius 3 is 1.76 bits per heavy atom. The minimum Gasteiger partial charge on any atom is -0.388 e. The van der Waals surface area contributed by atoms with Gasteiger partial charge < -0.3 is 14.9 Å². The topological polar surface area (TPSA) is 49.7 Å². The smallest absolute Gasteiger partial charge is 0.120 e. The summed E-state index contributed by atoms with van der Waals surface area (Å²) in [5, 5.41) is 20.5. The number of aliphatic hydroxyl groups is 2. The van der Waals surface area contributed by atoms with E-state index in [0.717, 1.165) is 0 Å². The highest BCUT2D eigenvalue weighted by molar-refractivity contribution is 5.17. The van der Waals surface area contributed by atoms with E-state index in [4.69, 9.17) is 4.74 Å². The van der Waals surface area contributed by atoms with Crippen molar-refractivity contribution in [2.45, 2.75) is 65.5 Å². The number of rotatable bonds is 1. The minimum absolute atomic E-state index is 0.226. The van der Waals surface area contributed by atoms with E-state index >= 15 is 0 Å². The standard InChI is InChI=1S/C14H26O3/c1-8-14(13(5,6)7)10(16)9(15)11(17-14)12(2,3)4/h8-11,15-16H,1H2,2-7H3. The van der Waals surface area contributed by atoms with E-state index in [1.807, 2.05) is 41.5 Å². The van der Waals surface area contributed by atoms with Crippen LogP contribution in [0.2, 0.25) is 0 Å². The molecule has 0 aromatic heterocycles. The van der Waals surface area contributed by atoms with Gasteiger partial charge in [0.25, 0.3) is 0 Å². The molecule has 1 saturated heterocycles. The van der Waals surface area contributed by atoms with Gasteiger partial charge in [0.05, 0.1) is 6.10 Å². The summed E-state index contributed by atoms with van der Waals surface area (Å²) in [6.07, 6.45) is -0.585. The van der Waals surface area contributed by atoms with Crippen LogP contribution < -0.4 is 0 Å². The van der Waals surface area contributed by atoms with Gasteiger partial charge >= 0.3 is 0 Å². The molecule has 0 saturated carbocycles. The maximum absolute atomic E-state index is 10.3. The summed E-state index contributed by atoms with van der Waals surface area (Å²) < 4.78 is 6.03. The number of ether oxygens (including phenoxy) is 1. The van der Waals surface area contributed by atoms with Crippen LogP contribution in [0.15, 0.2) is 12.7 Å². The fourth-order valence-corrected chi connectivity index (χ4v) is 2.55. The summed E-state index contributed by atoms with van der Waals surface area (Å²) in [6, 6.07) is 0. The van der Waals surface area contributed by atoms with Gasteiger partial charge in [0.2, 0.25) is 0 Å². The molecule has 1 aliphatic heterocycles. The highest BCUT2D eigenvalue weighted by Crippen LogP contribution is 2.48. The van der Waals surface area contributed by atoms with Gasteiger partial charge in [0, 0.05) is 0 Å². The Kier molecular flexibility index (Phi) is 3.52. The van der Waals surface area contributed by atoms with Crippen molar-refractivity contribution < 1.29 is 14.9 Å². The van der Waals surface area contributed by atoms with Crippen LogP contribution in [-0.2, 0) is 4.74 Å². The first kappa shape index (κ1) is 14.7. The number of aliphatic hydroxyl groups excluding tert-OH is 2. The average Bonchev–Trinajstić information content (AvgIpc) is 2.39. The zero-order chi connectivity index (χ0) is 13.6. The van der Waals surface area contributed by atoms with Crippen molar-refractivity contribution in [3.63, 3.8) is 0 Å². The van der Waals surface area contributed by atoms with Crippen molar-refractivity contribution in [2.24, 2.45) is 10.8 Å². The Morgan fingerprint density at radius 2 is 1.59 bits per heavy atom. The van der Waals surface area contributed by atoms with Crippen LogP contribution in [0.1, 0.15) is 41.5 Å². The molecule has 4 atom stereocenters. The van der Waals surface area contributed by atoms with Gasteiger partial charge in [0.1, 0.15) is 17.8 Å². The molecular formula is C14H26O3. The second-order valence-electron chi connectivity index (χ2n) is 7.09. The molecule has 0 spiro atoms. The first-order valence-electron chi connectivity index (χ1n) is 6.15. The van der Waals surface area contributed by atoms with Crippen LogP contribution in [0.25, 0.3) is 0 Å². The van der Waals surface area contributed by atoms with Gasteiger partial charge in [-0.3, -0.25) is 0 Å². The number of hydrogen-bond donors (Lipinski definition) is 2. The molecule has 17 heavy (non-hydrogen) atoms. The van der Waals surface area contributed by atoms with Crippen LogP contribution in [-0.4, -0.2) is 34.1 Å². The second kappa shape index (κ2) is 4.08. The highest BCUT2D eigenvalue weighted by Gasteiger charge is 2.60. The molecule has 0 amide bonds. The lowest BCUT2D eigenvalue weighted by atomic mass is 9.72. The lowest BCUT2D eigenvalue weighted by Crippen LogP contribution is -2.51. The summed E-state index contributed by atoms with van der Waals surface area (Å²) in [5.41, 5.74) is -1.45. The third kappa shape index (κ3) is 2.16. The first-order chi connectivity index (χ1) is 7.47. The predicted molar refractivity (Wildman–Crippen MR) is 68.7 cm³/mol. The lowest BCUT2D eigenvalue weighted by Gasteiger charge is -2.41. The Balaban J connectivity index is 3.18. The molecule has 0 aromatic carbocycles. The molecule has 0 aliphatic carbocycles. The summed E-state index contributed by atoms with van der Waals surface area (Å²) in [7, 11) is 0. The van der Waals surface area contributed by atoms with E-state index < -0.39 is 23.9 Å². The lowest BCUT2D eigenvalue weighted by molar-refractivity contribution is -0.132. The maximum atomic E-state index is 10.3. The number of hydrogen-bond acceptors (Lipinski definition) is 3. The quantitative estimate of drug-likeness (QED) is 0.693. The van der Waals surface area contributed by atoms with Gasteiger partial charge in [-0.1, -0.05) is 47.6 Å². The molecule has 1 rings (SSSR count). The molecule has 1 heterocycles. The third-order valence-electron chi connectivity index (χ3n) is 3.72. The van der Waals surface area contributed by atoms with Crippen molar-refractivity contribution in [2.75, 3.05) is 0 Å². The van der Waals surface area contributed by atoms with Crippen molar-refractivity contribution in [3.8, 4) is 0 Å². The van der Waals surface area contributed by atoms with E-state index in [9.17, 15) is 10.2 Å². The molecule has 0 aromatic rings. The van der Waals surface area contributed by atoms with Crippen LogP contribution in [0.5, 0.6) is 0 Å². The van der Waals surface area contributed by atoms with Crippen LogP contribution >= 0.6 is 0 Å². The average molecular weight is 242 g/mol. The Morgan fingerprint density at radius 1 is 1.12 bits per heavy atom. The minimum atomic E-state index is -0.941. The fraction of sp³-hybridized carbons (Fsp3) is 0.857. The normalized spacial score (nSPS) is 39.4. The third-order valence-corrected chi connectivity index (χ3v) is 3.72. The first-order valence-corrected chi connectivity index (χ1v) is 6.15. The molecule has 0 bridgehead atoms. The Bertz CT molecular complexity index is 298. The molecule has 3 nitrogen and oxygen atoms in total. The van der Waals surface area contributed by atoms with Crippen LogP contribution in [0, 0.1) is 10.8 Å². The van der Waals surface area contributed by atoms with E-state index in [0.29, 0.717) is 0 Å². The monoisotopic (exact) mass is 242 g/mol. The summed E-state index contributed by atoms with van der Waals surface area (Å²) in [5.74, 6) is 0. The van der Waals surface area contributed by atoms with Crippen molar-refractivity contribution in [1.82, 2.24) is 0 Å². The molecule has 1 fully saturated rings. The van der Waals surface area contributed by atoms with Crippen molar-refractivity contribution in [1.29, 1.82) is 0 Å².